The molecule has 2 aliphatic heterocycles. The fourth-order valence-corrected chi connectivity index (χ4v) is 2.85. The number of rotatable bonds is 2. The number of carbonyl (C=O) groups excluding carboxylic acids is 2. The smallest absolute Gasteiger partial charge is 0.410 e. The number of aromatic nitrogens is 1. The Morgan fingerprint density at radius 1 is 1.33 bits per heavy atom. The first-order valence-corrected chi connectivity index (χ1v) is 6.96. The molecule has 0 bridgehead atoms. The lowest BCUT2D eigenvalue weighted by Gasteiger charge is -2.21. The molecule has 0 spiro atoms. The fourth-order valence-electron chi connectivity index (χ4n) is 2.85. The number of nitrogens with zero attached hydrogens (tertiary/aromatic N) is 3. The molecular weight excluding hydrogens is 274 g/mol. The summed E-state index contributed by atoms with van der Waals surface area (Å²) < 4.78 is 6.31. The molecule has 7 nitrogen and oxygen atoms in total. The third-order valence-electron chi connectivity index (χ3n) is 4.04. The van der Waals surface area contributed by atoms with Gasteiger partial charge in [-0.15, -0.1) is 0 Å². The molecule has 0 saturated carbocycles. The predicted octanol–water partition coefficient (Wildman–Crippen LogP) is 0.0520. The maximum atomic E-state index is 12.4. The van der Waals surface area contributed by atoms with E-state index in [-0.39, 0.29) is 29.2 Å². The van der Waals surface area contributed by atoms with Crippen molar-refractivity contribution in [2.45, 2.75) is 12.5 Å². The highest BCUT2D eigenvalue weighted by Gasteiger charge is 2.36. The summed E-state index contributed by atoms with van der Waals surface area (Å²) in [7, 11) is 1.62. The molecule has 1 aromatic rings. The summed E-state index contributed by atoms with van der Waals surface area (Å²) in [6.45, 7) is 1.97. The topological polar surface area (TPSA) is 71.9 Å². The molecule has 0 N–H and O–H groups in total. The van der Waals surface area contributed by atoms with Crippen LogP contribution < -0.4 is 5.56 Å². The Bertz CT molecular complexity index is 639. The van der Waals surface area contributed by atoms with Crippen molar-refractivity contribution in [3.8, 4) is 0 Å². The Labute approximate surface area is 121 Å². The second-order valence-corrected chi connectivity index (χ2v) is 5.34. The van der Waals surface area contributed by atoms with Gasteiger partial charge in [0.2, 0.25) is 0 Å². The number of carbonyl (C=O) groups is 2. The zero-order valence-electron chi connectivity index (χ0n) is 11.8. The average molecular weight is 291 g/mol. The lowest BCUT2D eigenvalue weighted by molar-refractivity contribution is 0.0777. The van der Waals surface area contributed by atoms with Gasteiger partial charge >= 0.3 is 6.09 Å². The zero-order valence-corrected chi connectivity index (χ0v) is 11.8. The SMILES string of the molecule is Cn1cccc(C(=O)N2CC[C@H](N3CCOC3=O)C2)c1=O. The maximum Gasteiger partial charge on any atom is 0.410 e. The molecule has 3 heterocycles. The second kappa shape index (κ2) is 5.23. The minimum Gasteiger partial charge on any atom is -0.448 e. The van der Waals surface area contributed by atoms with E-state index in [1.54, 1.807) is 35.2 Å². The van der Waals surface area contributed by atoms with E-state index < -0.39 is 0 Å². The Morgan fingerprint density at radius 2 is 2.14 bits per heavy atom. The van der Waals surface area contributed by atoms with Crippen molar-refractivity contribution in [1.82, 2.24) is 14.4 Å². The lowest BCUT2D eigenvalue weighted by atomic mass is 10.2. The number of cyclic esters (lactones) is 1. The van der Waals surface area contributed by atoms with Crippen LogP contribution in [0.3, 0.4) is 0 Å². The fraction of sp³-hybridized carbons (Fsp3) is 0.500. The molecule has 3 rings (SSSR count). The molecule has 2 saturated heterocycles. The summed E-state index contributed by atoms with van der Waals surface area (Å²) in [4.78, 5) is 39.3. The summed E-state index contributed by atoms with van der Waals surface area (Å²) in [5.41, 5.74) is -0.129. The molecule has 0 radical (unpaired) electrons. The molecule has 2 amide bonds. The van der Waals surface area contributed by atoms with Crippen LogP contribution in [-0.2, 0) is 11.8 Å². The third-order valence-corrected chi connectivity index (χ3v) is 4.04. The normalized spacial score (nSPS) is 21.8. The number of amides is 2. The van der Waals surface area contributed by atoms with E-state index in [1.165, 1.54) is 4.57 Å². The van der Waals surface area contributed by atoms with Crippen molar-refractivity contribution in [3.63, 3.8) is 0 Å². The first-order valence-electron chi connectivity index (χ1n) is 6.96. The molecule has 0 aliphatic carbocycles. The van der Waals surface area contributed by atoms with Crippen molar-refractivity contribution in [1.29, 1.82) is 0 Å². The summed E-state index contributed by atoms with van der Waals surface area (Å²) in [5, 5.41) is 0. The molecule has 0 aromatic carbocycles. The molecule has 112 valence electrons. The number of hydrogen-bond donors (Lipinski definition) is 0. The Kier molecular flexibility index (Phi) is 3.40. The number of pyridine rings is 1. The van der Waals surface area contributed by atoms with Gasteiger partial charge < -0.3 is 14.2 Å². The molecule has 1 atom stereocenters. The quantitative estimate of drug-likeness (QED) is 0.772. The first kappa shape index (κ1) is 13.7. The monoisotopic (exact) mass is 291 g/mol. The highest BCUT2D eigenvalue weighted by Crippen LogP contribution is 2.20. The van der Waals surface area contributed by atoms with Gasteiger partial charge in [0.1, 0.15) is 12.2 Å². The number of ether oxygens (including phenoxy) is 1. The van der Waals surface area contributed by atoms with E-state index in [9.17, 15) is 14.4 Å². The summed E-state index contributed by atoms with van der Waals surface area (Å²) in [6.07, 6.45) is 2.02. The van der Waals surface area contributed by atoms with Crippen molar-refractivity contribution < 1.29 is 14.3 Å². The molecule has 2 fully saturated rings. The minimum absolute atomic E-state index is 0.0171. The van der Waals surface area contributed by atoms with Gasteiger partial charge in [0.15, 0.2) is 0 Å². The van der Waals surface area contributed by atoms with Gasteiger partial charge in [-0.05, 0) is 18.6 Å². The van der Waals surface area contributed by atoms with Crippen LogP contribution in [0.25, 0.3) is 0 Å². The predicted molar refractivity (Wildman–Crippen MR) is 74.0 cm³/mol. The van der Waals surface area contributed by atoms with E-state index in [4.69, 9.17) is 4.74 Å². The standard InChI is InChI=1S/C14H17N3O4/c1-15-5-2-3-11(12(15)18)13(19)16-6-4-10(9-16)17-7-8-21-14(17)20/h2-3,5,10H,4,6-9H2,1H3/t10-/m0/s1. The third kappa shape index (κ3) is 2.39. The molecular formula is C14H17N3O4. The molecule has 2 aliphatic rings. The van der Waals surface area contributed by atoms with E-state index in [0.717, 1.165) is 0 Å². The number of likely N-dealkylation sites (tertiary alicyclic amines) is 1. The number of aryl methyl sites for hydroxylation is 1. The largest absolute Gasteiger partial charge is 0.448 e. The van der Waals surface area contributed by atoms with Crippen LogP contribution in [0.4, 0.5) is 4.79 Å². The van der Waals surface area contributed by atoms with Crippen molar-refractivity contribution in [2.75, 3.05) is 26.2 Å². The van der Waals surface area contributed by atoms with Crippen LogP contribution in [-0.4, -0.2) is 58.7 Å². The second-order valence-electron chi connectivity index (χ2n) is 5.34. The average Bonchev–Trinajstić information content (AvgIpc) is 3.09. The van der Waals surface area contributed by atoms with Crippen LogP contribution in [0.5, 0.6) is 0 Å². The van der Waals surface area contributed by atoms with Gasteiger partial charge in [-0.1, -0.05) is 0 Å². The van der Waals surface area contributed by atoms with Gasteiger partial charge in [0, 0.05) is 26.3 Å². The Balaban J connectivity index is 1.74. The summed E-state index contributed by atoms with van der Waals surface area (Å²) in [6, 6.07) is 3.21. The van der Waals surface area contributed by atoms with Crippen molar-refractivity contribution in [2.24, 2.45) is 7.05 Å². The van der Waals surface area contributed by atoms with E-state index in [0.29, 0.717) is 32.7 Å². The Hall–Kier alpha value is -2.31. The highest BCUT2D eigenvalue weighted by molar-refractivity contribution is 5.94. The van der Waals surface area contributed by atoms with Gasteiger partial charge in [0.25, 0.3) is 11.5 Å². The van der Waals surface area contributed by atoms with Crippen LogP contribution in [0, 0.1) is 0 Å². The van der Waals surface area contributed by atoms with Crippen LogP contribution in [0.15, 0.2) is 23.1 Å². The van der Waals surface area contributed by atoms with E-state index in [2.05, 4.69) is 0 Å². The van der Waals surface area contributed by atoms with Crippen LogP contribution >= 0.6 is 0 Å². The van der Waals surface area contributed by atoms with Gasteiger partial charge in [-0.25, -0.2) is 4.79 Å². The van der Waals surface area contributed by atoms with E-state index >= 15 is 0 Å². The van der Waals surface area contributed by atoms with Crippen molar-refractivity contribution >= 4 is 12.0 Å². The number of hydrogen-bond acceptors (Lipinski definition) is 4. The minimum atomic E-state index is -0.315. The van der Waals surface area contributed by atoms with E-state index in [1.807, 2.05) is 0 Å². The molecule has 1 aromatic heterocycles. The van der Waals surface area contributed by atoms with Crippen LogP contribution in [0.2, 0.25) is 0 Å². The van der Waals surface area contributed by atoms with Crippen LogP contribution in [0.1, 0.15) is 16.8 Å². The lowest BCUT2D eigenvalue weighted by Crippen LogP contribution is -2.40. The Morgan fingerprint density at radius 3 is 2.86 bits per heavy atom. The first-order chi connectivity index (χ1) is 10.1. The van der Waals surface area contributed by atoms with Gasteiger partial charge in [-0.3, -0.25) is 14.5 Å². The van der Waals surface area contributed by atoms with Gasteiger partial charge in [-0.2, -0.15) is 0 Å². The summed E-state index contributed by atoms with van der Waals surface area (Å²) >= 11 is 0. The molecule has 7 heteroatoms. The highest BCUT2D eigenvalue weighted by atomic mass is 16.6. The maximum absolute atomic E-state index is 12.4. The molecule has 0 unspecified atom stereocenters. The van der Waals surface area contributed by atoms with Gasteiger partial charge in [0.05, 0.1) is 12.6 Å². The van der Waals surface area contributed by atoms with Crippen molar-refractivity contribution in [3.05, 3.63) is 34.2 Å². The zero-order chi connectivity index (χ0) is 15.0. The summed E-state index contributed by atoms with van der Waals surface area (Å²) in [5.74, 6) is -0.272. The molecule has 21 heavy (non-hydrogen) atoms.